The highest BCUT2D eigenvalue weighted by atomic mass is 35.5. The number of piperazine rings is 1. The van der Waals surface area contributed by atoms with Crippen LogP contribution in [0, 0.1) is 0 Å². The summed E-state index contributed by atoms with van der Waals surface area (Å²) in [6, 6.07) is 7.98. The second-order valence-corrected chi connectivity index (χ2v) is 5.17. The zero-order valence-electron chi connectivity index (χ0n) is 11.0. The minimum Gasteiger partial charge on any atom is -0.399 e. The van der Waals surface area contributed by atoms with Crippen LogP contribution in [0.1, 0.15) is 0 Å². The van der Waals surface area contributed by atoms with Crippen LogP contribution in [0.3, 0.4) is 0 Å². The first kappa shape index (κ1) is 13.0. The minimum absolute atomic E-state index is 0.605. The molecule has 0 amide bonds. The lowest BCUT2D eigenvalue weighted by Crippen LogP contribution is -2.47. The van der Waals surface area contributed by atoms with E-state index >= 15 is 0 Å². The molecule has 1 saturated heterocycles. The number of benzene rings is 1. The second kappa shape index (κ2) is 5.54. The van der Waals surface area contributed by atoms with Gasteiger partial charge in [-0.3, -0.25) is 0 Å². The molecule has 2 aromatic rings. The van der Waals surface area contributed by atoms with Crippen LogP contribution in [0.5, 0.6) is 0 Å². The van der Waals surface area contributed by atoms with Crippen molar-refractivity contribution < 1.29 is 0 Å². The average Bonchev–Trinajstić information content (AvgIpc) is 2.49. The van der Waals surface area contributed by atoms with Gasteiger partial charge < -0.3 is 15.5 Å². The molecule has 2 heterocycles. The SMILES string of the molecule is Nc1ccc(N2CCN(c3ncncc3Cl)CC2)cc1. The van der Waals surface area contributed by atoms with Crippen LogP contribution in [0.4, 0.5) is 17.2 Å². The Balaban J connectivity index is 1.68. The zero-order valence-corrected chi connectivity index (χ0v) is 11.8. The molecule has 0 atom stereocenters. The fraction of sp³-hybridized carbons (Fsp3) is 0.286. The average molecular weight is 290 g/mol. The summed E-state index contributed by atoms with van der Waals surface area (Å²) >= 11 is 6.13. The van der Waals surface area contributed by atoms with E-state index in [-0.39, 0.29) is 0 Å². The molecule has 1 aliphatic rings. The summed E-state index contributed by atoms with van der Waals surface area (Å²) < 4.78 is 0. The van der Waals surface area contributed by atoms with Gasteiger partial charge in [-0.25, -0.2) is 9.97 Å². The Bertz CT molecular complexity index is 578. The number of hydrogen-bond donors (Lipinski definition) is 1. The van der Waals surface area contributed by atoms with E-state index in [9.17, 15) is 0 Å². The van der Waals surface area contributed by atoms with Crippen molar-refractivity contribution in [1.82, 2.24) is 9.97 Å². The topological polar surface area (TPSA) is 58.3 Å². The van der Waals surface area contributed by atoms with Gasteiger partial charge in [0.2, 0.25) is 0 Å². The van der Waals surface area contributed by atoms with E-state index in [0.717, 1.165) is 37.7 Å². The first-order chi connectivity index (χ1) is 9.74. The fourth-order valence-corrected chi connectivity index (χ4v) is 2.63. The van der Waals surface area contributed by atoms with Gasteiger partial charge in [0.1, 0.15) is 11.3 Å². The van der Waals surface area contributed by atoms with E-state index in [2.05, 4.69) is 31.9 Å². The lowest BCUT2D eigenvalue weighted by molar-refractivity contribution is 0.647. The molecular weight excluding hydrogens is 274 g/mol. The summed E-state index contributed by atoms with van der Waals surface area (Å²) in [6.45, 7) is 3.65. The first-order valence-corrected chi connectivity index (χ1v) is 6.93. The zero-order chi connectivity index (χ0) is 13.9. The smallest absolute Gasteiger partial charge is 0.150 e. The molecule has 0 spiro atoms. The molecule has 0 saturated carbocycles. The van der Waals surface area contributed by atoms with Crippen LogP contribution in [0.2, 0.25) is 5.02 Å². The first-order valence-electron chi connectivity index (χ1n) is 6.55. The van der Waals surface area contributed by atoms with E-state index in [4.69, 9.17) is 17.3 Å². The third-order valence-corrected chi connectivity index (χ3v) is 3.75. The minimum atomic E-state index is 0.605. The highest BCUT2D eigenvalue weighted by Gasteiger charge is 2.19. The van der Waals surface area contributed by atoms with E-state index in [0.29, 0.717) is 5.02 Å². The van der Waals surface area contributed by atoms with Crippen LogP contribution >= 0.6 is 11.6 Å². The van der Waals surface area contributed by atoms with Crippen molar-refractivity contribution >= 4 is 28.8 Å². The fourth-order valence-electron chi connectivity index (χ4n) is 2.40. The molecule has 1 fully saturated rings. The Morgan fingerprint density at radius 2 is 1.65 bits per heavy atom. The van der Waals surface area contributed by atoms with E-state index in [1.165, 1.54) is 12.0 Å². The number of rotatable bonds is 2. The molecule has 2 N–H and O–H groups in total. The largest absolute Gasteiger partial charge is 0.399 e. The number of hydrogen-bond acceptors (Lipinski definition) is 5. The van der Waals surface area contributed by atoms with Gasteiger partial charge in [0, 0.05) is 37.6 Å². The third-order valence-electron chi connectivity index (χ3n) is 3.49. The van der Waals surface area contributed by atoms with Crippen LogP contribution in [0.15, 0.2) is 36.8 Å². The molecule has 0 unspecified atom stereocenters. The van der Waals surface area contributed by atoms with Gasteiger partial charge in [-0.15, -0.1) is 0 Å². The molecule has 1 aromatic heterocycles. The van der Waals surface area contributed by atoms with Crippen molar-refractivity contribution in [2.24, 2.45) is 0 Å². The lowest BCUT2D eigenvalue weighted by Gasteiger charge is -2.36. The number of nitrogens with zero attached hydrogens (tertiary/aromatic N) is 4. The van der Waals surface area contributed by atoms with Crippen molar-refractivity contribution in [2.45, 2.75) is 0 Å². The number of nitrogen functional groups attached to an aromatic ring is 1. The van der Waals surface area contributed by atoms with Gasteiger partial charge in [0.05, 0.1) is 6.20 Å². The van der Waals surface area contributed by atoms with Gasteiger partial charge in [-0.1, -0.05) is 11.6 Å². The molecule has 20 heavy (non-hydrogen) atoms. The highest BCUT2D eigenvalue weighted by molar-refractivity contribution is 6.32. The van der Waals surface area contributed by atoms with Gasteiger partial charge in [0.25, 0.3) is 0 Å². The van der Waals surface area contributed by atoms with E-state index < -0.39 is 0 Å². The summed E-state index contributed by atoms with van der Waals surface area (Å²) in [4.78, 5) is 12.7. The Morgan fingerprint density at radius 1 is 1.00 bits per heavy atom. The molecule has 0 radical (unpaired) electrons. The number of aromatic nitrogens is 2. The highest BCUT2D eigenvalue weighted by Crippen LogP contribution is 2.24. The molecule has 104 valence electrons. The predicted molar refractivity (Wildman–Crippen MR) is 82.3 cm³/mol. The summed E-state index contributed by atoms with van der Waals surface area (Å²) in [6.07, 6.45) is 3.17. The molecule has 1 aliphatic heterocycles. The summed E-state index contributed by atoms with van der Waals surface area (Å²) in [5.41, 5.74) is 7.71. The van der Waals surface area contributed by atoms with Crippen LogP contribution in [0.25, 0.3) is 0 Å². The standard InChI is InChI=1S/C14H16ClN5/c15-13-9-17-10-18-14(13)20-7-5-19(6-8-20)12-3-1-11(16)2-4-12/h1-4,9-10H,5-8,16H2. The van der Waals surface area contributed by atoms with Crippen molar-refractivity contribution in [3.63, 3.8) is 0 Å². The summed E-state index contributed by atoms with van der Waals surface area (Å²) in [5.74, 6) is 0.818. The van der Waals surface area contributed by atoms with Crippen molar-refractivity contribution in [2.75, 3.05) is 41.7 Å². The van der Waals surface area contributed by atoms with Gasteiger partial charge in [0.15, 0.2) is 5.82 Å². The number of halogens is 1. The normalized spacial score (nSPS) is 15.4. The van der Waals surface area contributed by atoms with Crippen molar-refractivity contribution in [3.05, 3.63) is 41.8 Å². The third kappa shape index (κ3) is 2.63. The van der Waals surface area contributed by atoms with E-state index in [1.54, 1.807) is 6.20 Å². The molecule has 1 aromatic carbocycles. The van der Waals surface area contributed by atoms with Crippen LogP contribution < -0.4 is 15.5 Å². The number of anilines is 3. The Kier molecular flexibility index (Phi) is 3.60. The van der Waals surface area contributed by atoms with Crippen molar-refractivity contribution in [3.8, 4) is 0 Å². The maximum absolute atomic E-state index is 6.13. The summed E-state index contributed by atoms with van der Waals surface area (Å²) in [5, 5.41) is 0.605. The molecular formula is C14H16ClN5. The van der Waals surface area contributed by atoms with Crippen LogP contribution in [-0.4, -0.2) is 36.1 Å². The van der Waals surface area contributed by atoms with Gasteiger partial charge in [-0.05, 0) is 24.3 Å². The Hall–Kier alpha value is -2.01. The molecule has 5 nitrogen and oxygen atoms in total. The molecule has 6 heteroatoms. The molecule has 0 aliphatic carbocycles. The quantitative estimate of drug-likeness (QED) is 0.858. The summed E-state index contributed by atoms with van der Waals surface area (Å²) in [7, 11) is 0. The maximum atomic E-state index is 6.13. The Labute approximate surface area is 123 Å². The number of nitrogens with two attached hydrogens (primary N) is 1. The molecule has 0 bridgehead atoms. The van der Waals surface area contributed by atoms with Crippen LogP contribution in [-0.2, 0) is 0 Å². The molecule has 3 rings (SSSR count). The van der Waals surface area contributed by atoms with Gasteiger partial charge in [-0.2, -0.15) is 0 Å². The monoisotopic (exact) mass is 289 g/mol. The predicted octanol–water partition coefficient (Wildman–Crippen LogP) is 2.04. The Morgan fingerprint density at radius 3 is 2.30 bits per heavy atom. The van der Waals surface area contributed by atoms with Gasteiger partial charge >= 0.3 is 0 Å². The maximum Gasteiger partial charge on any atom is 0.150 e. The second-order valence-electron chi connectivity index (χ2n) is 4.76. The van der Waals surface area contributed by atoms with E-state index in [1.807, 2.05) is 12.1 Å². The lowest BCUT2D eigenvalue weighted by atomic mass is 10.2. The van der Waals surface area contributed by atoms with Crippen molar-refractivity contribution in [1.29, 1.82) is 0 Å².